The van der Waals surface area contributed by atoms with Gasteiger partial charge in [0.2, 0.25) is 0 Å². The second-order valence-corrected chi connectivity index (χ2v) is 5.03. The summed E-state index contributed by atoms with van der Waals surface area (Å²) in [4.78, 5) is 0. The SMILES string of the molecule is CCCc1ccc(CCC(O)c2ccccc2)cc1. The van der Waals surface area contributed by atoms with Gasteiger partial charge in [-0.25, -0.2) is 0 Å². The molecular weight excluding hydrogens is 232 g/mol. The van der Waals surface area contributed by atoms with Gasteiger partial charge in [-0.1, -0.05) is 67.9 Å². The Balaban J connectivity index is 1.88. The summed E-state index contributed by atoms with van der Waals surface area (Å²) in [6, 6.07) is 18.6. The first-order valence-corrected chi connectivity index (χ1v) is 7.10. The number of rotatable bonds is 6. The summed E-state index contributed by atoms with van der Waals surface area (Å²) in [7, 11) is 0. The quantitative estimate of drug-likeness (QED) is 0.814. The highest BCUT2D eigenvalue weighted by Crippen LogP contribution is 2.19. The molecule has 0 aromatic heterocycles. The van der Waals surface area contributed by atoms with Crippen LogP contribution in [0.2, 0.25) is 0 Å². The van der Waals surface area contributed by atoms with Crippen LogP contribution in [0.15, 0.2) is 54.6 Å². The zero-order valence-corrected chi connectivity index (χ0v) is 11.5. The average molecular weight is 254 g/mol. The topological polar surface area (TPSA) is 20.2 Å². The fourth-order valence-corrected chi connectivity index (χ4v) is 2.31. The van der Waals surface area contributed by atoms with E-state index in [4.69, 9.17) is 0 Å². The number of hydrogen-bond acceptors (Lipinski definition) is 1. The van der Waals surface area contributed by atoms with Crippen molar-refractivity contribution in [2.45, 2.75) is 38.7 Å². The molecule has 0 amide bonds. The Morgan fingerprint density at radius 2 is 1.42 bits per heavy atom. The third-order valence-corrected chi connectivity index (χ3v) is 3.45. The maximum Gasteiger partial charge on any atom is 0.0793 e. The van der Waals surface area contributed by atoms with E-state index in [0.29, 0.717) is 0 Å². The summed E-state index contributed by atoms with van der Waals surface area (Å²) in [5.74, 6) is 0. The molecule has 19 heavy (non-hydrogen) atoms. The maximum atomic E-state index is 10.1. The minimum Gasteiger partial charge on any atom is -0.388 e. The Bertz CT molecular complexity index is 473. The van der Waals surface area contributed by atoms with Crippen LogP contribution in [0.5, 0.6) is 0 Å². The van der Waals surface area contributed by atoms with Gasteiger partial charge >= 0.3 is 0 Å². The van der Waals surface area contributed by atoms with Gasteiger partial charge in [0.1, 0.15) is 0 Å². The highest BCUT2D eigenvalue weighted by Gasteiger charge is 2.06. The number of aryl methyl sites for hydroxylation is 2. The van der Waals surface area contributed by atoms with Crippen molar-refractivity contribution in [3.63, 3.8) is 0 Å². The van der Waals surface area contributed by atoms with Gasteiger partial charge < -0.3 is 5.11 Å². The van der Waals surface area contributed by atoms with Crippen molar-refractivity contribution in [1.29, 1.82) is 0 Å². The van der Waals surface area contributed by atoms with Crippen LogP contribution >= 0.6 is 0 Å². The first-order valence-electron chi connectivity index (χ1n) is 7.10. The van der Waals surface area contributed by atoms with Crippen molar-refractivity contribution in [3.8, 4) is 0 Å². The lowest BCUT2D eigenvalue weighted by molar-refractivity contribution is 0.168. The lowest BCUT2D eigenvalue weighted by Crippen LogP contribution is -1.99. The van der Waals surface area contributed by atoms with Crippen LogP contribution in [0.3, 0.4) is 0 Å². The fourth-order valence-electron chi connectivity index (χ4n) is 2.31. The first-order chi connectivity index (χ1) is 9.29. The molecule has 2 aromatic rings. The van der Waals surface area contributed by atoms with Crippen LogP contribution < -0.4 is 0 Å². The van der Waals surface area contributed by atoms with Crippen LogP contribution in [0.4, 0.5) is 0 Å². The minimum atomic E-state index is -0.364. The second-order valence-electron chi connectivity index (χ2n) is 5.03. The standard InChI is InChI=1S/C18H22O/c1-2-6-15-9-11-16(12-10-15)13-14-18(19)17-7-4-3-5-8-17/h3-5,7-12,18-19H,2,6,13-14H2,1H3. The zero-order chi connectivity index (χ0) is 13.5. The van der Waals surface area contributed by atoms with E-state index in [-0.39, 0.29) is 6.10 Å². The minimum absolute atomic E-state index is 0.364. The molecule has 1 N–H and O–H groups in total. The van der Waals surface area contributed by atoms with Crippen LogP contribution in [-0.2, 0) is 12.8 Å². The lowest BCUT2D eigenvalue weighted by Gasteiger charge is -2.11. The molecule has 0 fully saturated rings. The van der Waals surface area contributed by atoms with Gasteiger partial charge in [0.25, 0.3) is 0 Å². The molecule has 0 aliphatic carbocycles. The largest absolute Gasteiger partial charge is 0.388 e. The Kier molecular flexibility index (Phi) is 5.17. The van der Waals surface area contributed by atoms with Crippen molar-refractivity contribution in [2.24, 2.45) is 0 Å². The smallest absolute Gasteiger partial charge is 0.0793 e. The summed E-state index contributed by atoms with van der Waals surface area (Å²) in [6.45, 7) is 2.20. The first kappa shape index (κ1) is 13.8. The molecule has 0 spiro atoms. The van der Waals surface area contributed by atoms with Crippen molar-refractivity contribution in [2.75, 3.05) is 0 Å². The van der Waals surface area contributed by atoms with E-state index >= 15 is 0 Å². The molecule has 100 valence electrons. The highest BCUT2D eigenvalue weighted by molar-refractivity contribution is 5.23. The van der Waals surface area contributed by atoms with Crippen LogP contribution in [0.25, 0.3) is 0 Å². The van der Waals surface area contributed by atoms with Crippen molar-refractivity contribution in [1.82, 2.24) is 0 Å². The number of aliphatic hydroxyl groups excluding tert-OH is 1. The molecule has 0 heterocycles. The normalized spacial score (nSPS) is 12.3. The number of hydrogen-bond donors (Lipinski definition) is 1. The van der Waals surface area contributed by atoms with Gasteiger partial charge in [0.05, 0.1) is 6.10 Å². The Morgan fingerprint density at radius 1 is 0.842 bits per heavy atom. The van der Waals surface area contributed by atoms with E-state index in [1.807, 2.05) is 30.3 Å². The van der Waals surface area contributed by atoms with E-state index in [1.54, 1.807) is 0 Å². The molecule has 1 nitrogen and oxygen atoms in total. The summed E-state index contributed by atoms with van der Waals surface area (Å²) >= 11 is 0. The Hall–Kier alpha value is -1.60. The van der Waals surface area contributed by atoms with Crippen LogP contribution in [0.1, 0.15) is 42.6 Å². The van der Waals surface area contributed by atoms with Crippen molar-refractivity contribution in [3.05, 3.63) is 71.3 Å². The van der Waals surface area contributed by atoms with E-state index in [1.165, 1.54) is 17.5 Å². The van der Waals surface area contributed by atoms with E-state index in [9.17, 15) is 5.11 Å². The molecule has 0 saturated heterocycles. The Morgan fingerprint density at radius 3 is 2.00 bits per heavy atom. The maximum absolute atomic E-state index is 10.1. The van der Waals surface area contributed by atoms with Crippen LogP contribution in [0, 0.1) is 0 Å². The van der Waals surface area contributed by atoms with Gasteiger partial charge in [0.15, 0.2) is 0 Å². The van der Waals surface area contributed by atoms with Gasteiger partial charge in [-0.2, -0.15) is 0 Å². The molecule has 0 saturated carbocycles. The predicted octanol–water partition coefficient (Wildman–Crippen LogP) is 4.31. The molecule has 0 aliphatic heterocycles. The molecule has 2 rings (SSSR count). The molecule has 1 atom stereocenters. The third kappa shape index (κ3) is 4.22. The molecule has 0 radical (unpaired) electrons. The van der Waals surface area contributed by atoms with Gasteiger partial charge in [-0.15, -0.1) is 0 Å². The molecular formula is C18H22O. The Labute approximate surface area is 115 Å². The lowest BCUT2D eigenvalue weighted by atomic mass is 10.00. The summed E-state index contributed by atoms with van der Waals surface area (Å²) in [5, 5.41) is 10.1. The van der Waals surface area contributed by atoms with Gasteiger partial charge in [-0.05, 0) is 36.0 Å². The molecule has 1 heteroatoms. The average Bonchev–Trinajstić information content (AvgIpc) is 2.47. The van der Waals surface area contributed by atoms with E-state index < -0.39 is 0 Å². The van der Waals surface area contributed by atoms with E-state index in [0.717, 1.165) is 24.8 Å². The molecule has 1 unspecified atom stereocenters. The number of benzene rings is 2. The van der Waals surface area contributed by atoms with Crippen molar-refractivity contribution < 1.29 is 5.11 Å². The van der Waals surface area contributed by atoms with Gasteiger partial charge in [-0.3, -0.25) is 0 Å². The zero-order valence-electron chi connectivity index (χ0n) is 11.5. The molecule has 0 bridgehead atoms. The van der Waals surface area contributed by atoms with Crippen LogP contribution in [-0.4, -0.2) is 5.11 Å². The van der Waals surface area contributed by atoms with Gasteiger partial charge in [0, 0.05) is 0 Å². The monoisotopic (exact) mass is 254 g/mol. The number of aliphatic hydroxyl groups is 1. The molecule has 0 aliphatic rings. The summed E-state index contributed by atoms with van der Waals surface area (Å²) in [6.07, 6.45) is 3.66. The van der Waals surface area contributed by atoms with E-state index in [2.05, 4.69) is 31.2 Å². The summed E-state index contributed by atoms with van der Waals surface area (Å²) < 4.78 is 0. The third-order valence-electron chi connectivity index (χ3n) is 3.45. The second kappa shape index (κ2) is 7.10. The highest BCUT2D eigenvalue weighted by atomic mass is 16.3. The molecule has 2 aromatic carbocycles. The predicted molar refractivity (Wildman–Crippen MR) is 80.2 cm³/mol. The fraction of sp³-hybridized carbons (Fsp3) is 0.333. The summed E-state index contributed by atoms with van der Waals surface area (Å²) in [5.41, 5.74) is 3.70. The van der Waals surface area contributed by atoms with Crippen molar-refractivity contribution >= 4 is 0 Å².